The Morgan fingerprint density at radius 2 is 0.574 bits per heavy atom. The van der Waals surface area contributed by atoms with E-state index in [-0.39, 0.29) is 25.7 Å². The Labute approximate surface area is 573 Å². The fourth-order valence-corrected chi connectivity index (χ4v) is 12.6. The summed E-state index contributed by atoms with van der Waals surface area (Å²) >= 11 is 0. The lowest BCUT2D eigenvalue weighted by Gasteiger charge is -2.21. The lowest BCUT2D eigenvalue weighted by atomic mass is 10.0. The number of aliphatic hydroxyl groups excluding tert-OH is 1. The average molecular weight is 1380 g/mol. The number of aliphatic hydroxyl groups is 1. The van der Waals surface area contributed by atoms with Crippen LogP contribution in [0.5, 0.6) is 0 Å². The van der Waals surface area contributed by atoms with Gasteiger partial charge in [0.2, 0.25) is 0 Å². The van der Waals surface area contributed by atoms with Crippen molar-refractivity contribution in [1.29, 1.82) is 0 Å². The van der Waals surface area contributed by atoms with Crippen LogP contribution in [0.4, 0.5) is 0 Å². The Kier molecular flexibility index (Phi) is 65.9. The van der Waals surface area contributed by atoms with E-state index in [9.17, 15) is 43.2 Å². The molecule has 0 aromatic heterocycles. The minimum Gasteiger partial charge on any atom is -0.462 e. The van der Waals surface area contributed by atoms with E-state index in [0.29, 0.717) is 31.6 Å². The fraction of sp³-hybridized carbons (Fsp3) is 0.893. The minimum atomic E-state index is -4.96. The molecule has 17 nitrogen and oxygen atoms in total. The number of hydrogen-bond donors (Lipinski definition) is 3. The summed E-state index contributed by atoms with van der Waals surface area (Å²) in [5.41, 5.74) is 0. The van der Waals surface area contributed by atoms with E-state index in [0.717, 1.165) is 116 Å². The molecule has 3 N–H and O–H groups in total. The van der Waals surface area contributed by atoms with Crippen LogP contribution in [0.25, 0.3) is 0 Å². The summed E-state index contributed by atoms with van der Waals surface area (Å²) in [6.07, 6.45) is 59.1. The van der Waals surface area contributed by atoms with E-state index in [1.807, 2.05) is 0 Å². The molecule has 0 aliphatic heterocycles. The van der Waals surface area contributed by atoms with Crippen molar-refractivity contribution in [2.45, 2.75) is 387 Å². The van der Waals surface area contributed by atoms with Gasteiger partial charge in [-0.1, -0.05) is 316 Å². The molecule has 5 atom stereocenters. The first-order valence-electron chi connectivity index (χ1n) is 38.5. The predicted molar refractivity (Wildman–Crippen MR) is 381 cm³/mol. The van der Waals surface area contributed by atoms with Crippen molar-refractivity contribution in [3.05, 3.63) is 24.3 Å². The molecule has 0 fully saturated rings. The van der Waals surface area contributed by atoms with E-state index < -0.39 is 97.5 Å². The summed E-state index contributed by atoms with van der Waals surface area (Å²) in [7, 11) is -9.92. The molecule has 0 saturated carbocycles. The number of allylic oxidation sites excluding steroid dienone is 4. The van der Waals surface area contributed by atoms with Crippen LogP contribution < -0.4 is 0 Å². The topological polar surface area (TPSA) is 237 Å². The molecule has 0 radical (unpaired) electrons. The molecule has 0 rings (SSSR count). The first-order chi connectivity index (χ1) is 45.5. The third-order valence-electron chi connectivity index (χ3n) is 16.9. The second kappa shape index (κ2) is 67.7. The molecule has 554 valence electrons. The highest BCUT2D eigenvalue weighted by Gasteiger charge is 2.30. The summed E-state index contributed by atoms with van der Waals surface area (Å²) < 4.78 is 68.4. The highest BCUT2D eigenvalue weighted by atomic mass is 31.2. The van der Waals surface area contributed by atoms with Gasteiger partial charge >= 0.3 is 39.5 Å². The van der Waals surface area contributed by atoms with Gasteiger partial charge in [0, 0.05) is 25.7 Å². The Bertz CT molecular complexity index is 1900. The number of unbranched alkanes of at least 4 members (excludes halogenated alkanes) is 42. The Hall–Kier alpha value is -2.46. The van der Waals surface area contributed by atoms with Crippen LogP contribution in [0.3, 0.4) is 0 Å². The maximum absolute atomic E-state index is 13.1. The first-order valence-corrected chi connectivity index (χ1v) is 41.4. The molecule has 0 saturated heterocycles. The summed E-state index contributed by atoms with van der Waals surface area (Å²) in [6.45, 7) is 7.16. The number of rotatable bonds is 73. The molecule has 19 heteroatoms. The summed E-state index contributed by atoms with van der Waals surface area (Å²) in [5.74, 6) is -1.44. The van der Waals surface area contributed by atoms with Gasteiger partial charge in [-0.25, -0.2) is 9.13 Å². The summed E-state index contributed by atoms with van der Waals surface area (Å²) in [6, 6.07) is 0. The van der Waals surface area contributed by atoms with Gasteiger partial charge in [0.05, 0.1) is 26.4 Å². The van der Waals surface area contributed by atoms with Crippen LogP contribution in [0.2, 0.25) is 0 Å². The molecule has 0 heterocycles. The molecule has 0 bridgehead atoms. The van der Waals surface area contributed by atoms with Gasteiger partial charge < -0.3 is 33.8 Å². The molecule has 0 aromatic carbocycles. The van der Waals surface area contributed by atoms with Gasteiger partial charge in [-0.15, -0.1) is 0 Å². The molecule has 2 unspecified atom stereocenters. The van der Waals surface area contributed by atoms with E-state index in [1.165, 1.54) is 167 Å². The van der Waals surface area contributed by atoms with Gasteiger partial charge in [0.1, 0.15) is 19.3 Å². The molecular weight excluding hydrogens is 1230 g/mol. The monoisotopic (exact) mass is 1380 g/mol. The second-order valence-electron chi connectivity index (χ2n) is 26.8. The van der Waals surface area contributed by atoms with Crippen LogP contribution in [0.1, 0.15) is 369 Å². The summed E-state index contributed by atoms with van der Waals surface area (Å²) in [5, 5.41) is 10.6. The highest BCUT2D eigenvalue weighted by Crippen LogP contribution is 2.45. The Morgan fingerprint density at radius 3 is 0.872 bits per heavy atom. The normalized spacial score (nSPS) is 14.1. The molecule has 0 amide bonds. The molecular formula is C75H142O17P2. The molecule has 0 aliphatic carbocycles. The average Bonchev–Trinajstić information content (AvgIpc) is 2.59. The van der Waals surface area contributed by atoms with Crippen molar-refractivity contribution in [3.63, 3.8) is 0 Å². The number of phosphoric ester groups is 2. The van der Waals surface area contributed by atoms with Crippen molar-refractivity contribution in [3.8, 4) is 0 Å². The van der Waals surface area contributed by atoms with Crippen LogP contribution in [-0.2, 0) is 65.4 Å². The van der Waals surface area contributed by atoms with Crippen molar-refractivity contribution in [2.75, 3.05) is 39.6 Å². The predicted octanol–water partition coefficient (Wildman–Crippen LogP) is 21.6. The van der Waals surface area contributed by atoms with E-state index in [1.54, 1.807) is 0 Å². The Morgan fingerprint density at radius 1 is 0.330 bits per heavy atom. The van der Waals surface area contributed by atoms with Crippen molar-refractivity contribution >= 4 is 39.5 Å². The van der Waals surface area contributed by atoms with E-state index >= 15 is 0 Å². The maximum atomic E-state index is 13.1. The van der Waals surface area contributed by atoms with Crippen molar-refractivity contribution in [2.24, 2.45) is 5.92 Å². The number of carbonyl (C=O) groups excluding carboxylic acids is 4. The standard InChI is InChI=1S/C75H142O17P2/c1-6-9-12-15-18-21-24-26-28-29-30-32-34-37-40-45-51-56-61-75(80)91-70(64-85-72(77)58-53-48-43-38-36-33-31-27-25-22-19-16-13-10-7-2)66-89-93(81,82)87-62-69(76)63-88-94(83,84)90-67-71(65-86-73(78)59-54-49-46-41-42-47-52-57-68(4)5)92-74(79)60-55-50-44-39-35-23-20-17-14-11-8-3/h22,25,27,31,68-71,76H,6-21,23-24,26,28-30,32-67H2,1-5H3,(H,81,82)(H,83,84)/b25-22-,31-27-/t69-,70-,71-/m1/s1. The van der Waals surface area contributed by atoms with Gasteiger partial charge in [-0.3, -0.25) is 37.3 Å². The number of phosphoric acid groups is 2. The second-order valence-corrected chi connectivity index (χ2v) is 29.7. The minimum absolute atomic E-state index is 0.102. The SMILES string of the molecule is CCCCCC/C=C\C=C/CCCCCCCC(=O)OC[C@H](COP(=O)(O)OC[C@@H](O)COP(=O)(O)OC[C@@H](COC(=O)CCCCCCCCCC(C)C)OC(=O)CCCCCCCCCCCCC)OC(=O)CCCCCCCCCCCCCCCCCCCC. The van der Waals surface area contributed by atoms with Crippen LogP contribution >= 0.6 is 15.6 Å². The fourth-order valence-electron chi connectivity index (χ4n) is 11.0. The van der Waals surface area contributed by atoms with E-state index in [4.69, 9.17) is 37.0 Å². The number of carbonyl (C=O) groups is 4. The lowest BCUT2D eigenvalue weighted by Crippen LogP contribution is -2.30. The third-order valence-corrected chi connectivity index (χ3v) is 18.8. The van der Waals surface area contributed by atoms with E-state index in [2.05, 4.69) is 58.9 Å². The maximum Gasteiger partial charge on any atom is 0.472 e. The van der Waals surface area contributed by atoms with Gasteiger partial charge in [0.15, 0.2) is 12.2 Å². The number of esters is 4. The zero-order valence-electron chi connectivity index (χ0n) is 60.6. The first kappa shape index (κ1) is 91.5. The van der Waals surface area contributed by atoms with Crippen molar-refractivity contribution < 1.29 is 80.2 Å². The molecule has 94 heavy (non-hydrogen) atoms. The zero-order valence-corrected chi connectivity index (χ0v) is 62.4. The Balaban J connectivity index is 5.26. The number of hydrogen-bond acceptors (Lipinski definition) is 15. The lowest BCUT2D eigenvalue weighted by molar-refractivity contribution is -0.161. The quantitative estimate of drug-likeness (QED) is 0.0169. The number of ether oxygens (including phenoxy) is 4. The van der Waals surface area contributed by atoms with Crippen LogP contribution in [-0.4, -0.2) is 96.7 Å². The third kappa shape index (κ3) is 68.1. The van der Waals surface area contributed by atoms with Gasteiger partial charge in [0.25, 0.3) is 0 Å². The molecule has 0 spiro atoms. The largest absolute Gasteiger partial charge is 0.472 e. The zero-order chi connectivity index (χ0) is 69.1. The van der Waals surface area contributed by atoms with Crippen molar-refractivity contribution in [1.82, 2.24) is 0 Å². The molecule has 0 aliphatic rings. The smallest absolute Gasteiger partial charge is 0.462 e. The van der Waals surface area contributed by atoms with Gasteiger partial charge in [-0.2, -0.15) is 0 Å². The van der Waals surface area contributed by atoms with Crippen LogP contribution in [0.15, 0.2) is 24.3 Å². The van der Waals surface area contributed by atoms with Crippen LogP contribution in [0, 0.1) is 5.92 Å². The summed E-state index contributed by atoms with van der Waals surface area (Å²) in [4.78, 5) is 72.7. The highest BCUT2D eigenvalue weighted by molar-refractivity contribution is 7.47. The van der Waals surface area contributed by atoms with Gasteiger partial charge in [-0.05, 0) is 57.3 Å². The molecule has 0 aromatic rings.